The van der Waals surface area contributed by atoms with Crippen LogP contribution in [0.15, 0.2) is 96.6 Å². The maximum absolute atomic E-state index is 13.6. The molecule has 3 aromatic carbocycles. The van der Waals surface area contributed by atoms with Gasteiger partial charge < -0.3 is 4.74 Å². The van der Waals surface area contributed by atoms with E-state index in [1.54, 1.807) is 6.92 Å². The van der Waals surface area contributed by atoms with Gasteiger partial charge in [-0.05, 0) is 67.6 Å². The van der Waals surface area contributed by atoms with Gasteiger partial charge in [-0.1, -0.05) is 106 Å². The highest BCUT2D eigenvalue weighted by atomic mass is 31.1. The number of ether oxygens (including phenoxy) is 1. The molecule has 3 rings (SSSR count). The van der Waals surface area contributed by atoms with Crippen LogP contribution in [0.3, 0.4) is 0 Å². The van der Waals surface area contributed by atoms with Crippen LogP contribution in [0.4, 0.5) is 0 Å². The Kier molecular flexibility index (Phi) is 9.57. The van der Waals surface area contributed by atoms with Crippen LogP contribution in [0, 0.1) is 11.8 Å². The van der Waals surface area contributed by atoms with Crippen LogP contribution in [0.1, 0.15) is 51.4 Å². The molecule has 0 radical (unpaired) electrons. The van der Waals surface area contributed by atoms with E-state index in [0.29, 0.717) is 12.0 Å². The fourth-order valence-corrected chi connectivity index (χ4v) is 6.60. The van der Waals surface area contributed by atoms with Gasteiger partial charge in [0.15, 0.2) is 5.78 Å². The Morgan fingerprint density at radius 1 is 0.800 bits per heavy atom. The second kappa shape index (κ2) is 12.6. The molecule has 0 spiro atoms. The quantitative estimate of drug-likeness (QED) is 0.195. The lowest BCUT2D eigenvalue weighted by Gasteiger charge is -2.28. The first-order chi connectivity index (χ1) is 16.8. The molecular weight excluding hydrogens is 451 g/mol. The summed E-state index contributed by atoms with van der Waals surface area (Å²) < 4.78 is 6.17. The number of rotatable bonds is 10. The van der Waals surface area contributed by atoms with Crippen LogP contribution in [0.2, 0.25) is 0 Å². The molecule has 0 N–H and O–H groups in total. The largest absolute Gasteiger partial charge is 0.458 e. The minimum absolute atomic E-state index is 0.0689. The molecule has 0 saturated heterocycles. The molecule has 35 heavy (non-hydrogen) atoms. The summed E-state index contributed by atoms with van der Waals surface area (Å²) >= 11 is 0. The van der Waals surface area contributed by atoms with Crippen molar-refractivity contribution in [2.24, 2.45) is 11.8 Å². The topological polar surface area (TPSA) is 43.4 Å². The molecule has 0 saturated carbocycles. The SMILES string of the molecule is CC(=O)/C(C)=C/CC(C)C(OC(=O)c1ccccc1P(c1ccccc1)c1ccccc1)C(C)C. The van der Waals surface area contributed by atoms with Crippen LogP contribution in [0.25, 0.3) is 0 Å². The number of esters is 1. The van der Waals surface area contributed by atoms with E-state index in [9.17, 15) is 9.59 Å². The summed E-state index contributed by atoms with van der Waals surface area (Å²) in [7, 11) is -0.925. The Labute approximate surface area is 211 Å². The van der Waals surface area contributed by atoms with Crippen LogP contribution in [-0.2, 0) is 9.53 Å². The van der Waals surface area contributed by atoms with Gasteiger partial charge in [0.2, 0.25) is 0 Å². The molecule has 2 atom stereocenters. The van der Waals surface area contributed by atoms with E-state index in [2.05, 4.69) is 51.1 Å². The number of hydrogen-bond acceptors (Lipinski definition) is 3. The van der Waals surface area contributed by atoms with E-state index in [1.165, 1.54) is 10.6 Å². The van der Waals surface area contributed by atoms with E-state index in [1.807, 2.05) is 67.6 Å². The molecule has 0 aliphatic rings. The number of benzene rings is 3. The molecule has 0 aliphatic carbocycles. The molecule has 0 amide bonds. The molecule has 4 heteroatoms. The maximum atomic E-state index is 13.6. The smallest absolute Gasteiger partial charge is 0.339 e. The average Bonchev–Trinajstić information content (AvgIpc) is 2.87. The Balaban J connectivity index is 1.95. The normalized spacial score (nSPS) is 13.5. The third kappa shape index (κ3) is 6.99. The lowest BCUT2D eigenvalue weighted by Crippen LogP contribution is -2.32. The van der Waals surface area contributed by atoms with E-state index in [-0.39, 0.29) is 29.7 Å². The van der Waals surface area contributed by atoms with Gasteiger partial charge in [0, 0.05) is 0 Å². The van der Waals surface area contributed by atoms with Crippen molar-refractivity contribution in [2.75, 3.05) is 0 Å². The van der Waals surface area contributed by atoms with Crippen molar-refractivity contribution >= 4 is 35.6 Å². The van der Waals surface area contributed by atoms with Gasteiger partial charge in [0.1, 0.15) is 6.10 Å². The van der Waals surface area contributed by atoms with Gasteiger partial charge in [0.25, 0.3) is 0 Å². The standard InChI is InChI=1S/C31H35O3P/c1-22(2)30(24(4)21-20-23(3)25(5)32)34-31(33)28-18-12-13-19-29(28)35(26-14-8-6-9-15-26)27-16-10-7-11-17-27/h6-20,22,24,30H,21H2,1-5H3/b23-20+. The van der Waals surface area contributed by atoms with E-state index in [4.69, 9.17) is 4.74 Å². The summed E-state index contributed by atoms with van der Waals surface area (Å²) in [5.74, 6) is 0.0132. The second-order valence-corrected chi connectivity index (χ2v) is 11.5. The number of hydrogen-bond donors (Lipinski definition) is 0. The summed E-state index contributed by atoms with van der Waals surface area (Å²) in [6.07, 6.45) is 2.38. The molecule has 182 valence electrons. The van der Waals surface area contributed by atoms with E-state index in [0.717, 1.165) is 10.9 Å². The predicted molar refractivity (Wildman–Crippen MR) is 147 cm³/mol. The number of carbonyl (C=O) groups excluding carboxylic acids is 2. The van der Waals surface area contributed by atoms with Crippen molar-refractivity contribution in [1.29, 1.82) is 0 Å². The van der Waals surface area contributed by atoms with Gasteiger partial charge in [-0.25, -0.2) is 4.79 Å². The van der Waals surface area contributed by atoms with Crippen molar-refractivity contribution < 1.29 is 14.3 Å². The fraction of sp³-hybridized carbons (Fsp3) is 0.290. The first-order valence-corrected chi connectivity index (χ1v) is 13.5. The maximum Gasteiger partial charge on any atom is 0.339 e. The van der Waals surface area contributed by atoms with Crippen LogP contribution in [-0.4, -0.2) is 17.9 Å². The minimum Gasteiger partial charge on any atom is -0.458 e. The minimum atomic E-state index is -0.925. The zero-order chi connectivity index (χ0) is 25.4. The molecule has 0 bridgehead atoms. The third-order valence-corrected chi connectivity index (χ3v) is 8.71. The van der Waals surface area contributed by atoms with E-state index >= 15 is 0 Å². The second-order valence-electron chi connectivity index (χ2n) is 9.29. The zero-order valence-electron chi connectivity index (χ0n) is 21.3. The Hall–Kier alpha value is -3.03. The summed E-state index contributed by atoms with van der Waals surface area (Å²) in [5, 5.41) is 3.37. The molecule has 0 heterocycles. The Morgan fingerprint density at radius 2 is 1.31 bits per heavy atom. The summed E-state index contributed by atoms with van der Waals surface area (Å²) in [5.41, 5.74) is 1.35. The third-order valence-electron chi connectivity index (χ3n) is 6.21. The average molecular weight is 487 g/mol. The molecule has 0 aliphatic heterocycles. The van der Waals surface area contributed by atoms with Crippen LogP contribution >= 0.6 is 7.92 Å². The fourth-order valence-electron chi connectivity index (χ4n) is 4.16. The number of Topliss-reactive ketones (excluding diaryl/α,β-unsaturated/α-hetero) is 1. The Bertz CT molecular complexity index is 1110. The van der Waals surface area contributed by atoms with Crippen LogP contribution in [0.5, 0.6) is 0 Å². The lowest BCUT2D eigenvalue weighted by atomic mass is 9.91. The molecule has 0 aromatic heterocycles. The molecule has 0 fully saturated rings. The van der Waals surface area contributed by atoms with Crippen molar-refractivity contribution in [1.82, 2.24) is 0 Å². The van der Waals surface area contributed by atoms with Crippen molar-refractivity contribution in [3.05, 3.63) is 102 Å². The monoisotopic (exact) mass is 486 g/mol. The lowest BCUT2D eigenvalue weighted by molar-refractivity contribution is -0.113. The van der Waals surface area contributed by atoms with Gasteiger partial charge in [0.05, 0.1) is 5.56 Å². The number of carbonyl (C=O) groups is 2. The highest BCUT2D eigenvalue weighted by Crippen LogP contribution is 2.34. The zero-order valence-corrected chi connectivity index (χ0v) is 22.2. The Morgan fingerprint density at radius 3 is 1.83 bits per heavy atom. The van der Waals surface area contributed by atoms with Crippen molar-refractivity contribution in [3.63, 3.8) is 0 Å². The highest BCUT2D eigenvalue weighted by molar-refractivity contribution is 7.80. The molecule has 2 unspecified atom stereocenters. The number of allylic oxidation sites excluding steroid dienone is 2. The van der Waals surface area contributed by atoms with Crippen molar-refractivity contribution in [2.45, 2.75) is 47.1 Å². The van der Waals surface area contributed by atoms with Gasteiger partial charge in [-0.3, -0.25) is 4.79 Å². The van der Waals surface area contributed by atoms with Gasteiger partial charge in [-0.2, -0.15) is 0 Å². The highest BCUT2D eigenvalue weighted by Gasteiger charge is 2.28. The summed E-state index contributed by atoms with van der Waals surface area (Å²) in [4.78, 5) is 25.2. The summed E-state index contributed by atoms with van der Waals surface area (Å²) in [6, 6.07) is 28.5. The van der Waals surface area contributed by atoms with Crippen molar-refractivity contribution in [3.8, 4) is 0 Å². The summed E-state index contributed by atoms with van der Waals surface area (Å²) in [6.45, 7) is 9.63. The van der Waals surface area contributed by atoms with Gasteiger partial charge >= 0.3 is 5.97 Å². The molecular formula is C31H35O3P. The first-order valence-electron chi connectivity index (χ1n) is 12.2. The molecule has 3 nitrogen and oxygen atoms in total. The predicted octanol–water partition coefficient (Wildman–Crippen LogP) is 6.19. The first kappa shape index (κ1) is 26.6. The van der Waals surface area contributed by atoms with Crippen LogP contribution < -0.4 is 15.9 Å². The van der Waals surface area contributed by atoms with Gasteiger partial charge in [-0.15, -0.1) is 0 Å². The number of ketones is 1. The van der Waals surface area contributed by atoms with E-state index < -0.39 is 7.92 Å². The molecule has 3 aromatic rings.